The maximum atomic E-state index is 12.5. The van der Waals surface area contributed by atoms with Crippen LogP contribution in [-0.2, 0) is 9.59 Å². The molecule has 156 valence electrons. The number of ether oxygens (including phenoxy) is 1. The van der Waals surface area contributed by atoms with Gasteiger partial charge in [0.25, 0.3) is 0 Å². The predicted octanol–water partition coefficient (Wildman–Crippen LogP) is 1.53. The fourth-order valence-corrected chi connectivity index (χ4v) is 3.75. The average molecular weight is 431 g/mol. The first kappa shape index (κ1) is 22.7. The minimum Gasteiger partial charge on any atom is -0.495 e. The highest BCUT2D eigenvalue weighted by molar-refractivity contribution is 6.31. The van der Waals surface area contributed by atoms with Crippen molar-refractivity contribution in [2.45, 2.75) is 12.8 Å². The predicted molar refractivity (Wildman–Crippen MR) is 113 cm³/mol. The van der Waals surface area contributed by atoms with Crippen LogP contribution in [0.5, 0.6) is 5.75 Å². The summed E-state index contributed by atoms with van der Waals surface area (Å²) in [4.78, 5) is 28.9. The molecule has 0 radical (unpaired) electrons. The van der Waals surface area contributed by atoms with Gasteiger partial charge in [-0.1, -0.05) is 11.6 Å². The van der Waals surface area contributed by atoms with Crippen LogP contribution >= 0.6 is 24.0 Å². The van der Waals surface area contributed by atoms with Crippen LogP contribution in [0.15, 0.2) is 18.2 Å². The van der Waals surface area contributed by atoms with E-state index < -0.39 is 0 Å². The van der Waals surface area contributed by atoms with Crippen molar-refractivity contribution in [1.29, 1.82) is 0 Å². The van der Waals surface area contributed by atoms with Crippen LogP contribution in [0.3, 0.4) is 0 Å². The summed E-state index contributed by atoms with van der Waals surface area (Å²) < 4.78 is 5.33. The van der Waals surface area contributed by atoms with Crippen molar-refractivity contribution >= 4 is 41.5 Å². The third-order valence-corrected chi connectivity index (χ3v) is 5.32. The highest BCUT2D eigenvalue weighted by Gasteiger charge is 2.36. The lowest BCUT2D eigenvalue weighted by molar-refractivity contribution is -0.126. The Labute approximate surface area is 177 Å². The maximum Gasteiger partial charge on any atom is 0.227 e. The van der Waals surface area contributed by atoms with Gasteiger partial charge in [-0.25, -0.2) is 0 Å². The van der Waals surface area contributed by atoms with Crippen molar-refractivity contribution in [3.8, 4) is 5.75 Å². The van der Waals surface area contributed by atoms with Crippen molar-refractivity contribution < 1.29 is 14.3 Å². The molecule has 2 aliphatic rings. The van der Waals surface area contributed by atoms with E-state index in [1.165, 1.54) is 0 Å². The SMILES string of the molecule is COc1ccc(Cl)cc1N1CC(C(=O)NCCCN2CCNCC2)CC1=O.Cl. The molecule has 2 fully saturated rings. The molecule has 0 aromatic heterocycles. The zero-order chi connectivity index (χ0) is 19.2. The summed E-state index contributed by atoms with van der Waals surface area (Å²) in [5, 5.41) is 6.84. The highest BCUT2D eigenvalue weighted by Crippen LogP contribution is 2.35. The van der Waals surface area contributed by atoms with E-state index in [4.69, 9.17) is 16.3 Å². The number of carbonyl (C=O) groups is 2. The lowest BCUT2D eigenvalue weighted by Crippen LogP contribution is -2.44. The molecule has 2 aliphatic heterocycles. The first-order valence-corrected chi connectivity index (χ1v) is 9.81. The van der Waals surface area contributed by atoms with E-state index in [0.717, 1.165) is 39.1 Å². The molecule has 3 rings (SSSR count). The lowest BCUT2D eigenvalue weighted by atomic mass is 10.1. The Hall–Kier alpha value is -1.54. The van der Waals surface area contributed by atoms with Crippen molar-refractivity contribution in [2.24, 2.45) is 5.92 Å². The van der Waals surface area contributed by atoms with E-state index in [1.807, 2.05) is 0 Å². The van der Waals surface area contributed by atoms with Gasteiger partial charge in [-0.3, -0.25) is 9.59 Å². The smallest absolute Gasteiger partial charge is 0.227 e. The van der Waals surface area contributed by atoms with Gasteiger partial charge in [0.15, 0.2) is 0 Å². The van der Waals surface area contributed by atoms with E-state index in [9.17, 15) is 9.59 Å². The highest BCUT2D eigenvalue weighted by atomic mass is 35.5. The molecule has 1 aromatic carbocycles. The number of rotatable bonds is 7. The van der Waals surface area contributed by atoms with Crippen molar-refractivity contribution in [3.63, 3.8) is 0 Å². The van der Waals surface area contributed by atoms with Crippen LogP contribution in [0.2, 0.25) is 5.02 Å². The Balaban J connectivity index is 0.00000280. The third kappa shape index (κ3) is 5.73. The molecule has 1 atom stereocenters. The zero-order valence-corrected chi connectivity index (χ0v) is 17.7. The van der Waals surface area contributed by atoms with Gasteiger partial charge < -0.3 is 25.2 Å². The van der Waals surface area contributed by atoms with Crippen LogP contribution in [-0.4, -0.2) is 69.6 Å². The van der Waals surface area contributed by atoms with Gasteiger partial charge >= 0.3 is 0 Å². The van der Waals surface area contributed by atoms with Crippen molar-refractivity contribution in [3.05, 3.63) is 23.2 Å². The molecule has 2 heterocycles. The topological polar surface area (TPSA) is 73.9 Å². The number of piperazine rings is 1. The molecule has 7 nitrogen and oxygen atoms in total. The minimum absolute atomic E-state index is 0. The standard InChI is InChI=1S/C19H27ClN4O3.ClH/c1-27-17-4-3-15(20)12-16(17)24-13-14(11-18(24)25)19(26)22-5-2-8-23-9-6-21-7-10-23;/h3-4,12,14,21H,2,5-11,13H2,1H3,(H,22,26);1H. The van der Waals surface area contributed by atoms with Gasteiger partial charge in [0.05, 0.1) is 18.7 Å². The number of hydrogen-bond acceptors (Lipinski definition) is 5. The van der Waals surface area contributed by atoms with Crippen LogP contribution in [0, 0.1) is 5.92 Å². The Bertz CT molecular complexity index is 683. The number of amides is 2. The molecular weight excluding hydrogens is 403 g/mol. The second-order valence-corrected chi connectivity index (χ2v) is 7.39. The number of nitrogens with one attached hydrogen (secondary N) is 2. The van der Waals surface area contributed by atoms with E-state index in [2.05, 4.69) is 15.5 Å². The first-order chi connectivity index (χ1) is 13.1. The normalized spacial score (nSPS) is 20.0. The Morgan fingerprint density at radius 1 is 1.36 bits per heavy atom. The molecule has 2 saturated heterocycles. The van der Waals surface area contributed by atoms with E-state index in [-0.39, 0.29) is 36.6 Å². The lowest BCUT2D eigenvalue weighted by Gasteiger charge is -2.27. The Morgan fingerprint density at radius 3 is 2.82 bits per heavy atom. The number of benzene rings is 1. The van der Waals surface area contributed by atoms with E-state index in [1.54, 1.807) is 30.2 Å². The number of halogens is 2. The fraction of sp³-hybridized carbons (Fsp3) is 0.579. The zero-order valence-electron chi connectivity index (χ0n) is 16.1. The molecule has 0 spiro atoms. The summed E-state index contributed by atoms with van der Waals surface area (Å²) in [7, 11) is 1.55. The third-order valence-electron chi connectivity index (χ3n) is 5.09. The summed E-state index contributed by atoms with van der Waals surface area (Å²) in [6, 6.07) is 5.15. The summed E-state index contributed by atoms with van der Waals surface area (Å²) in [6.45, 7) is 6.13. The molecule has 1 unspecified atom stereocenters. The molecule has 28 heavy (non-hydrogen) atoms. The molecule has 0 bridgehead atoms. The van der Waals surface area contributed by atoms with Gasteiger partial charge in [0.2, 0.25) is 11.8 Å². The summed E-state index contributed by atoms with van der Waals surface area (Å²) in [6.07, 6.45) is 1.12. The first-order valence-electron chi connectivity index (χ1n) is 9.43. The number of nitrogens with zero attached hydrogens (tertiary/aromatic N) is 2. The fourth-order valence-electron chi connectivity index (χ4n) is 3.58. The van der Waals surface area contributed by atoms with Gasteiger partial charge in [0.1, 0.15) is 5.75 Å². The monoisotopic (exact) mass is 430 g/mol. The summed E-state index contributed by atoms with van der Waals surface area (Å²) in [5.41, 5.74) is 0.615. The summed E-state index contributed by atoms with van der Waals surface area (Å²) >= 11 is 6.07. The van der Waals surface area contributed by atoms with Crippen molar-refractivity contribution in [1.82, 2.24) is 15.5 Å². The van der Waals surface area contributed by atoms with Crippen molar-refractivity contribution in [2.75, 3.05) is 57.8 Å². The molecule has 2 amide bonds. The Morgan fingerprint density at radius 2 is 2.11 bits per heavy atom. The van der Waals surface area contributed by atoms with E-state index >= 15 is 0 Å². The number of methoxy groups -OCH3 is 1. The van der Waals surface area contributed by atoms with Gasteiger partial charge in [0, 0.05) is 50.7 Å². The number of anilines is 1. The van der Waals surface area contributed by atoms with E-state index in [0.29, 0.717) is 29.5 Å². The van der Waals surface area contributed by atoms with Crippen LogP contribution < -0.4 is 20.3 Å². The van der Waals surface area contributed by atoms with Gasteiger partial charge in [-0.05, 0) is 31.2 Å². The molecule has 2 N–H and O–H groups in total. The minimum atomic E-state index is -0.347. The van der Waals surface area contributed by atoms with Gasteiger partial charge in [-0.15, -0.1) is 12.4 Å². The molecule has 0 saturated carbocycles. The molecule has 1 aromatic rings. The Kier molecular flexibility index (Phi) is 8.82. The second kappa shape index (κ2) is 10.9. The van der Waals surface area contributed by atoms with Crippen LogP contribution in [0.4, 0.5) is 5.69 Å². The quantitative estimate of drug-likeness (QED) is 0.641. The molecule has 9 heteroatoms. The second-order valence-electron chi connectivity index (χ2n) is 6.96. The molecule has 0 aliphatic carbocycles. The largest absolute Gasteiger partial charge is 0.495 e. The van der Waals surface area contributed by atoms with Crippen LogP contribution in [0.25, 0.3) is 0 Å². The summed E-state index contributed by atoms with van der Waals surface area (Å²) in [5.74, 6) is 0.0777. The molecular formula is C19H28Cl2N4O3. The maximum absolute atomic E-state index is 12.5. The number of hydrogen-bond donors (Lipinski definition) is 2. The van der Waals surface area contributed by atoms with Gasteiger partial charge in [-0.2, -0.15) is 0 Å². The average Bonchev–Trinajstić information content (AvgIpc) is 3.07. The van der Waals surface area contributed by atoms with Crippen LogP contribution in [0.1, 0.15) is 12.8 Å². The number of carbonyl (C=O) groups excluding carboxylic acids is 2.